The molecule has 5 heteroatoms. The molecule has 0 aliphatic heterocycles. The van der Waals surface area contributed by atoms with Gasteiger partial charge in [0.15, 0.2) is 5.90 Å². The number of hydrogen-bond donors (Lipinski definition) is 3. The minimum atomic E-state index is -1.03. The summed E-state index contributed by atoms with van der Waals surface area (Å²) in [5.74, 6) is -1.22. The lowest BCUT2D eigenvalue weighted by atomic mass is 10.1. The first-order valence-corrected chi connectivity index (χ1v) is 3.97. The molecule has 0 saturated heterocycles. The Hall–Kier alpha value is -1.10. The smallest absolute Gasteiger partial charge is 0.305 e. The van der Waals surface area contributed by atoms with Crippen molar-refractivity contribution < 1.29 is 14.6 Å². The van der Waals surface area contributed by atoms with Crippen LogP contribution in [-0.2, 0) is 9.53 Å². The van der Waals surface area contributed by atoms with E-state index in [4.69, 9.17) is 21.0 Å². The highest BCUT2D eigenvalue weighted by atomic mass is 16.5. The van der Waals surface area contributed by atoms with Gasteiger partial charge in [-0.3, -0.25) is 10.2 Å². The summed E-state index contributed by atoms with van der Waals surface area (Å²) in [5, 5.41) is 15.7. The van der Waals surface area contributed by atoms with E-state index >= 15 is 0 Å². The van der Waals surface area contributed by atoms with Crippen molar-refractivity contribution in [2.24, 2.45) is 5.73 Å². The SMILES string of the molecule is CC(C)(C)OC(=N)[C@@H](N)CC(=O)O. The van der Waals surface area contributed by atoms with E-state index in [-0.39, 0.29) is 12.3 Å². The van der Waals surface area contributed by atoms with Gasteiger partial charge in [-0.15, -0.1) is 0 Å². The molecule has 13 heavy (non-hydrogen) atoms. The fourth-order valence-electron chi connectivity index (χ4n) is 0.686. The van der Waals surface area contributed by atoms with Gasteiger partial charge in [0.1, 0.15) is 5.60 Å². The van der Waals surface area contributed by atoms with Gasteiger partial charge in [0, 0.05) is 0 Å². The van der Waals surface area contributed by atoms with Crippen molar-refractivity contribution >= 4 is 11.9 Å². The third kappa shape index (κ3) is 6.10. The number of nitrogens with two attached hydrogens (primary N) is 1. The second kappa shape index (κ2) is 4.23. The summed E-state index contributed by atoms with van der Waals surface area (Å²) >= 11 is 0. The second-order valence-corrected chi connectivity index (χ2v) is 3.78. The summed E-state index contributed by atoms with van der Waals surface area (Å²) in [6, 6.07) is -0.864. The maximum atomic E-state index is 10.2. The zero-order chi connectivity index (χ0) is 10.6. The van der Waals surface area contributed by atoms with E-state index in [0.717, 1.165) is 0 Å². The van der Waals surface area contributed by atoms with Crippen LogP contribution in [0.4, 0.5) is 0 Å². The van der Waals surface area contributed by atoms with Crippen molar-refractivity contribution in [3.8, 4) is 0 Å². The number of carboxylic acid groups (broad SMARTS) is 1. The van der Waals surface area contributed by atoms with Crippen molar-refractivity contribution in [2.75, 3.05) is 0 Å². The van der Waals surface area contributed by atoms with E-state index in [2.05, 4.69) is 0 Å². The van der Waals surface area contributed by atoms with Crippen LogP contribution in [0.25, 0.3) is 0 Å². The first-order chi connectivity index (χ1) is 5.72. The second-order valence-electron chi connectivity index (χ2n) is 3.78. The third-order valence-corrected chi connectivity index (χ3v) is 1.15. The first kappa shape index (κ1) is 11.9. The molecule has 1 atom stereocenters. The molecule has 0 fully saturated rings. The van der Waals surface area contributed by atoms with Gasteiger partial charge in [-0.1, -0.05) is 0 Å². The minimum Gasteiger partial charge on any atom is -0.481 e. The molecule has 0 radical (unpaired) electrons. The van der Waals surface area contributed by atoms with Crippen molar-refractivity contribution in [1.29, 1.82) is 5.41 Å². The topological polar surface area (TPSA) is 96.4 Å². The zero-order valence-corrected chi connectivity index (χ0v) is 8.13. The Morgan fingerprint density at radius 3 is 2.38 bits per heavy atom. The van der Waals surface area contributed by atoms with Crippen LogP contribution in [0.5, 0.6) is 0 Å². The summed E-state index contributed by atoms with van der Waals surface area (Å²) in [7, 11) is 0. The highest BCUT2D eigenvalue weighted by molar-refractivity contribution is 5.83. The van der Waals surface area contributed by atoms with E-state index in [1.54, 1.807) is 20.8 Å². The summed E-state index contributed by atoms with van der Waals surface area (Å²) in [5.41, 5.74) is 4.89. The van der Waals surface area contributed by atoms with E-state index in [1.807, 2.05) is 0 Å². The van der Waals surface area contributed by atoms with E-state index in [0.29, 0.717) is 0 Å². The van der Waals surface area contributed by atoms with Gasteiger partial charge in [-0.2, -0.15) is 0 Å². The summed E-state index contributed by atoms with van der Waals surface area (Å²) in [4.78, 5) is 10.2. The Balaban J connectivity index is 4.05. The molecular formula is C8H16N2O3. The number of carboxylic acids is 1. The number of ether oxygens (including phenoxy) is 1. The molecule has 0 aromatic heterocycles. The molecule has 76 valence electrons. The zero-order valence-electron chi connectivity index (χ0n) is 8.13. The van der Waals surface area contributed by atoms with Gasteiger partial charge in [-0.25, -0.2) is 0 Å². The molecule has 0 aromatic rings. The summed E-state index contributed by atoms with van der Waals surface area (Å²) < 4.78 is 5.10. The van der Waals surface area contributed by atoms with Crippen LogP contribution in [0.3, 0.4) is 0 Å². The van der Waals surface area contributed by atoms with Crippen LogP contribution in [0, 0.1) is 5.41 Å². The number of carbonyl (C=O) groups is 1. The number of hydrogen-bond acceptors (Lipinski definition) is 4. The van der Waals surface area contributed by atoms with E-state index in [1.165, 1.54) is 0 Å². The number of aliphatic carboxylic acids is 1. The van der Waals surface area contributed by atoms with Crippen LogP contribution in [0.1, 0.15) is 27.2 Å². The standard InChI is InChI=1S/C8H16N2O3/c1-8(2,3)13-7(10)5(9)4-6(11)12/h5,10H,4,9H2,1-3H3,(H,11,12)/t5-/m0/s1. The maximum Gasteiger partial charge on any atom is 0.305 e. The van der Waals surface area contributed by atoms with Crippen LogP contribution >= 0.6 is 0 Å². The van der Waals surface area contributed by atoms with Crippen molar-refractivity contribution in [2.45, 2.75) is 38.8 Å². The average Bonchev–Trinajstić information content (AvgIpc) is 1.81. The monoisotopic (exact) mass is 188 g/mol. The Morgan fingerprint density at radius 1 is 1.62 bits per heavy atom. The minimum absolute atomic E-state index is 0.185. The maximum absolute atomic E-state index is 10.2. The van der Waals surface area contributed by atoms with Crippen LogP contribution in [0.2, 0.25) is 0 Å². The fourth-order valence-corrected chi connectivity index (χ4v) is 0.686. The van der Waals surface area contributed by atoms with Gasteiger partial charge in [0.05, 0.1) is 12.5 Å². The largest absolute Gasteiger partial charge is 0.481 e. The van der Waals surface area contributed by atoms with Crippen molar-refractivity contribution in [3.05, 3.63) is 0 Å². The summed E-state index contributed by atoms with van der Waals surface area (Å²) in [6.45, 7) is 5.32. The Bertz CT molecular complexity index is 208. The molecule has 0 rings (SSSR count). The Labute approximate surface area is 77.4 Å². The third-order valence-electron chi connectivity index (χ3n) is 1.15. The molecule has 0 saturated carbocycles. The molecule has 4 N–H and O–H groups in total. The highest BCUT2D eigenvalue weighted by Gasteiger charge is 2.20. The van der Waals surface area contributed by atoms with Gasteiger partial charge < -0.3 is 15.6 Å². The Morgan fingerprint density at radius 2 is 2.08 bits per heavy atom. The lowest BCUT2D eigenvalue weighted by Gasteiger charge is -2.23. The van der Waals surface area contributed by atoms with Crippen LogP contribution in [0.15, 0.2) is 0 Å². The van der Waals surface area contributed by atoms with Crippen molar-refractivity contribution in [1.82, 2.24) is 0 Å². The molecule has 0 unspecified atom stereocenters. The van der Waals surface area contributed by atoms with Crippen molar-refractivity contribution in [3.63, 3.8) is 0 Å². The predicted molar refractivity (Wildman–Crippen MR) is 48.8 cm³/mol. The van der Waals surface area contributed by atoms with Gasteiger partial charge in [0.2, 0.25) is 0 Å². The fraction of sp³-hybridized carbons (Fsp3) is 0.750. The number of nitrogens with one attached hydrogen (secondary N) is 1. The molecule has 5 nitrogen and oxygen atoms in total. The average molecular weight is 188 g/mol. The Kier molecular flexibility index (Phi) is 3.87. The molecule has 0 aliphatic carbocycles. The molecular weight excluding hydrogens is 172 g/mol. The van der Waals surface area contributed by atoms with Gasteiger partial charge >= 0.3 is 5.97 Å². The van der Waals surface area contributed by atoms with E-state index in [9.17, 15) is 4.79 Å². The normalized spacial score (nSPS) is 13.5. The molecule has 0 bridgehead atoms. The first-order valence-electron chi connectivity index (χ1n) is 3.97. The van der Waals surface area contributed by atoms with Gasteiger partial charge in [-0.05, 0) is 20.8 Å². The lowest BCUT2D eigenvalue weighted by molar-refractivity contribution is -0.137. The number of rotatable bonds is 3. The molecule has 0 spiro atoms. The highest BCUT2D eigenvalue weighted by Crippen LogP contribution is 2.08. The summed E-state index contributed by atoms with van der Waals surface area (Å²) in [6.07, 6.45) is -0.283. The van der Waals surface area contributed by atoms with E-state index < -0.39 is 17.6 Å². The molecule has 0 aliphatic rings. The molecule has 0 aromatic carbocycles. The lowest BCUT2D eigenvalue weighted by Crippen LogP contribution is -2.38. The van der Waals surface area contributed by atoms with Crippen LogP contribution in [-0.4, -0.2) is 28.6 Å². The molecule has 0 amide bonds. The predicted octanol–water partition coefficient (Wildman–Crippen LogP) is 0.581. The molecule has 0 heterocycles. The quantitative estimate of drug-likeness (QED) is 0.446. The van der Waals surface area contributed by atoms with Crippen LogP contribution < -0.4 is 5.73 Å². The van der Waals surface area contributed by atoms with Gasteiger partial charge in [0.25, 0.3) is 0 Å².